The van der Waals surface area contributed by atoms with Crippen molar-refractivity contribution in [2.75, 3.05) is 6.61 Å². The monoisotopic (exact) mass is 248 g/mol. The first kappa shape index (κ1) is 14.7. The molecule has 1 rings (SSSR count). The molecule has 0 N–H and O–H groups in total. The molecule has 2 nitrogen and oxygen atoms in total. The molecule has 0 aliphatic heterocycles. The molecule has 0 aliphatic rings. The van der Waals surface area contributed by atoms with Crippen LogP contribution in [0.4, 0.5) is 0 Å². The number of carbonyl (C=O) groups excluding carboxylic acids is 1. The van der Waals surface area contributed by atoms with Crippen LogP contribution in [0.3, 0.4) is 0 Å². The molecule has 0 bridgehead atoms. The molecule has 0 aromatic heterocycles. The fraction of sp³-hybridized carbons (Fsp3) is 0.562. The Labute approximate surface area is 110 Å². The van der Waals surface area contributed by atoms with Gasteiger partial charge in [-0.1, -0.05) is 63.4 Å². The normalized spacial score (nSPS) is 12.1. The molecule has 1 aromatic carbocycles. The van der Waals surface area contributed by atoms with Crippen molar-refractivity contribution in [2.24, 2.45) is 0 Å². The van der Waals surface area contributed by atoms with Crippen LogP contribution >= 0.6 is 0 Å². The fourth-order valence-corrected chi connectivity index (χ4v) is 1.92. The second kappa shape index (κ2) is 8.73. The highest BCUT2D eigenvalue weighted by atomic mass is 16.5. The lowest BCUT2D eigenvalue weighted by Crippen LogP contribution is -2.09. The molecule has 0 saturated heterocycles. The highest BCUT2D eigenvalue weighted by Crippen LogP contribution is 2.18. The van der Waals surface area contributed by atoms with Gasteiger partial charge in [0.2, 0.25) is 0 Å². The molecule has 0 radical (unpaired) electrons. The van der Waals surface area contributed by atoms with Gasteiger partial charge in [0.1, 0.15) is 0 Å². The number of rotatable bonds is 8. The zero-order valence-electron chi connectivity index (χ0n) is 11.5. The minimum atomic E-state index is -0.0807. The quantitative estimate of drug-likeness (QED) is 0.506. The first-order valence-electron chi connectivity index (χ1n) is 6.94. The van der Waals surface area contributed by atoms with Crippen molar-refractivity contribution in [3.8, 4) is 0 Å². The number of carbonyl (C=O) groups is 1. The number of unbranched alkanes of at least 4 members (excludes halogenated alkanes) is 3. The van der Waals surface area contributed by atoms with Crippen molar-refractivity contribution in [2.45, 2.75) is 51.9 Å². The Hall–Kier alpha value is -1.31. The maximum absolute atomic E-state index is 11.6. The van der Waals surface area contributed by atoms with Crippen molar-refractivity contribution < 1.29 is 9.53 Å². The Morgan fingerprint density at radius 2 is 1.89 bits per heavy atom. The Bertz CT molecular complexity index is 332. The van der Waals surface area contributed by atoms with Crippen LogP contribution < -0.4 is 0 Å². The first-order chi connectivity index (χ1) is 8.74. The number of hydrogen-bond donors (Lipinski definition) is 0. The van der Waals surface area contributed by atoms with Crippen LogP contribution in [0.2, 0.25) is 0 Å². The summed E-state index contributed by atoms with van der Waals surface area (Å²) in [7, 11) is 0. The summed E-state index contributed by atoms with van der Waals surface area (Å²) in [6.07, 6.45) is 5.03. The SMILES string of the molecule is CCCCCCOC(=O)CC(C)c1ccccc1. The van der Waals surface area contributed by atoms with E-state index in [4.69, 9.17) is 4.74 Å². The van der Waals surface area contributed by atoms with Gasteiger partial charge in [-0.05, 0) is 17.9 Å². The van der Waals surface area contributed by atoms with Crippen LogP contribution in [-0.4, -0.2) is 12.6 Å². The van der Waals surface area contributed by atoms with Gasteiger partial charge < -0.3 is 4.74 Å². The highest BCUT2D eigenvalue weighted by Gasteiger charge is 2.11. The largest absolute Gasteiger partial charge is 0.466 e. The van der Waals surface area contributed by atoms with Crippen LogP contribution in [0.5, 0.6) is 0 Å². The first-order valence-corrected chi connectivity index (χ1v) is 6.94. The summed E-state index contributed by atoms with van der Waals surface area (Å²) in [5.41, 5.74) is 1.19. The van der Waals surface area contributed by atoms with Gasteiger partial charge in [0.15, 0.2) is 0 Å². The average molecular weight is 248 g/mol. The third-order valence-electron chi connectivity index (χ3n) is 3.10. The predicted octanol–water partition coefficient (Wildman–Crippen LogP) is 4.30. The maximum atomic E-state index is 11.6. The van der Waals surface area contributed by atoms with Crippen LogP contribution in [0.15, 0.2) is 30.3 Å². The van der Waals surface area contributed by atoms with E-state index in [0.29, 0.717) is 13.0 Å². The third kappa shape index (κ3) is 5.85. The second-order valence-electron chi connectivity index (χ2n) is 4.80. The second-order valence-corrected chi connectivity index (χ2v) is 4.80. The number of esters is 1. The Morgan fingerprint density at radius 3 is 2.56 bits per heavy atom. The van der Waals surface area contributed by atoms with Gasteiger partial charge in [-0.25, -0.2) is 0 Å². The molecule has 1 atom stereocenters. The molecule has 0 fully saturated rings. The smallest absolute Gasteiger partial charge is 0.306 e. The zero-order valence-corrected chi connectivity index (χ0v) is 11.5. The lowest BCUT2D eigenvalue weighted by Gasteiger charge is -2.11. The lowest BCUT2D eigenvalue weighted by atomic mass is 9.98. The number of hydrogen-bond acceptors (Lipinski definition) is 2. The van der Waals surface area contributed by atoms with Gasteiger partial charge in [-0.2, -0.15) is 0 Å². The summed E-state index contributed by atoms with van der Waals surface area (Å²) < 4.78 is 5.24. The van der Waals surface area contributed by atoms with Crippen molar-refractivity contribution >= 4 is 5.97 Å². The molecule has 1 aromatic rings. The summed E-state index contributed by atoms with van der Waals surface area (Å²) in [5.74, 6) is 0.150. The average Bonchev–Trinajstić information content (AvgIpc) is 2.39. The van der Waals surface area contributed by atoms with Crippen molar-refractivity contribution in [1.82, 2.24) is 0 Å². The molecule has 0 saturated carbocycles. The Balaban J connectivity index is 2.20. The molecule has 0 amide bonds. The van der Waals surface area contributed by atoms with Gasteiger partial charge in [0, 0.05) is 0 Å². The van der Waals surface area contributed by atoms with E-state index in [-0.39, 0.29) is 11.9 Å². The molecule has 0 spiro atoms. The minimum Gasteiger partial charge on any atom is -0.466 e. The van der Waals surface area contributed by atoms with E-state index in [9.17, 15) is 4.79 Å². The van der Waals surface area contributed by atoms with E-state index < -0.39 is 0 Å². The van der Waals surface area contributed by atoms with Crippen LogP contribution in [0.1, 0.15) is 57.4 Å². The van der Waals surface area contributed by atoms with Crippen LogP contribution in [0, 0.1) is 0 Å². The van der Waals surface area contributed by atoms with E-state index in [2.05, 4.69) is 26.0 Å². The van der Waals surface area contributed by atoms with E-state index in [1.54, 1.807) is 0 Å². The molecule has 1 unspecified atom stereocenters. The summed E-state index contributed by atoms with van der Waals surface area (Å²) in [5, 5.41) is 0. The van der Waals surface area contributed by atoms with Crippen LogP contribution in [-0.2, 0) is 9.53 Å². The minimum absolute atomic E-state index is 0.0807. The molecule has 2 heteroatoms. The van der Waals surface area contributed by atoms with Crippen LogP contribution in [0.25, 0.3) is 0 Å². The topological polar surface area (TPSA) is 26.3 Å². The molecule has 100 valence electrons. The number of ether oxygens (including phenoxy) is 1. The van der Waals surface area contributed by atoms with E-state index >= 15 is 0 Å². The molecular formula is C16H24O2. The standard InChI is InChI=1S/C16H24O2/c1-3-4-5-9-12-18-16(17)13-14(2)15-10-7-6-8-11-15/h6-8,10-11,14H,3-5,9,12-13H2,1-2H3. The summed E-state index contributed by atoms with van der Waals surface area (Å²) in [6, 6.07) is 10.1. The van der Waals surface area contributed by atoms with Crippen molar-refractivity contribution in [3.63, 3.8) is 0 Å². The Kier molecular flexibility index (Phi) is 7.16. The molecule has 18 heavy (non-hydrogen) atoms. The van der Waals surface area contributed by atoms with Gasteiger partial charge >= 0.3 is 5.97 Å². The van der Waals surface area contributed by atoms with Gasteiger partial charge in [0.25, 0.3) is 0 Å². The zero-order chi connectivity index (χ0) is 13.2. The fourth-order valence-electron chi connectivity index (χ4n) is 1.92. The van der Waals surface area contributed by atoms with E-state index in [0.717, 1.165) is 12.8 Å². The van der Waals surface area contributed by atoms with Gasteiger partial charge in [-0.3, -0.25) is 4.79 Å². The van der Waals surface area contributed by atoms with Crippen molar-refractivity contribution in [1.29, 1.82) is 0 Å². The molecule has 0 heterocycles. The predicted molar refractivity (Wildman–Crippen MR) is 74.6 cm³/mol. The maximum Gasteiger partial charge on any atom is 0.306 e. The summed E-state index contributed by atoms with van der Waals surface area (Å²) in [6.45, 7) is 4.81. The summed E-state index contributed by atoms with van der Waals surface area (Å²) >= 11 is 0. The van der Waals surface area contributed by atoms with Gasteiger partial charge in [0.05, 0.1) is 13.0 Å². The third-order valence-corrected chi connectivity index (χ3v) is 3.10. The van der Waals surface area contributed by atoms with Crippen molar-refractivity contribution in [3.05, 3.63) is 35.9 Å². The lowest BCUT2D eigenvalue weighted by molar-refractivity contribution is -0.144. The summed E-state index contributed by atoms with van der Waals surface area (Å²) in [4.78, 5) is 11.6. The Morgan fingerprint density at radius 1 is 1.17 bits per heavy atom. The number of benzene rings is 1. The van der Waals surface area contributed by atoms with E-state index in [1.165, 1.54) is 18.4 Å². The molecule has 0 aliphatic carbocycles. The van der Waals surface area contributed by atoms with E-state index in [1.807, 2.05) is 18.2 Å². The van der Waals surface area contributed by atoms with Gasteiger partial charge in [-0.15, -0.1) is 0 Å². The molecular weight excluding hydrogens is 224 g/mol. The highest BCUT2D eigenvalue weighted by molar-refractivity contribution is 5.70.